The van der Waals surface area contributed by atoms with E-state index in [-0.39, 0.29) is 17.9 Å². The van der Waals surface area contributed by atoms with E-state index in [0.717, 1.165) is 11.0 Å². The van der Waals surface area contributed by atoms with Crippen molar-refractivity contribution in [1.29, 1.82) is 0 Å². The van der Waals surface area contributed by atoms with Crippen LogP contribution in [0.25, 0.3) is 0 Å². The average molecular weight is 310 g/mol. The molecule has 8 heteroatoms. The number of nitrogens with zero attached hydrogens (tertiary/aromatic N) is 1. The first kappa shape index (κ1) is 15.7. The van der Waals surface area contributed by atoms with Gasteiger partial charge in [0, 0.05) is 13.1 Å². The fourth-order valence-corrected chi connectivity index (χ4v) is 1.97. The molecule has 1 atom stereocenters. The number of esters is 1. The summed E-state index contributed by atoms with van der Waals surface area (Å²) in [5, 5.41) is 2.47. The maximum absolute atomic E-state index is 13.5. The van der Waals surface area contributed by atoms with Crippen LogP contribution in [0, 0.1) is 5.82 Å². The molecule has 1 unspecified atom stereocenters. The molecular weight excluding hydrogens is 295 g/mol. The standard InChI is InChI=1S/C14H15FN2O5/c1-8(12(18)17-6-5-16-14(17)20)22-13(19)9-3-4-11(21-2)10(15)7-9/h3-4,7-8H,5-6H2,1-2H3,(H,16,20). The molecule has 1 aromatic carbocycles. The van der Waals surface area contributed by atoms with Gasteiger partial charge in [0.2, 0.25) is 0 Å². The number of imide groups is 1. The molecule has 0 aliphatic carbocycles. The molecule has 0 saturated carbocycles. The van der Waals surface area contributed by atoms with Crippen LogP contribution in [0.2, 0.25) is 0 Å². The summed E-state index contributed by atoms with van der Waals surface area (Å²) in [6, 6.07) is 3.04. The first-order valence-corrected chi connectivity index (χ1v) is 6.57. The van der Waals surface area contributed by atoms with Crippen molar-refractivity contribution in [3.63, 3.8) is 0 Å². The van der Waals surface area contributed by atoms with E-state index in [2.05, 4.69) is 5.32 Å². The molecule has 0 bridgehead atoms. The SMILES string of the molecule is COc1ccc(C(=O)OC(C)C(=O)N2CCNC2=O)cc1F. The van der Waals surface area contributed by atoms with Gasteiger partial charge < -0.3 is 14.8 Å². The molecule has 2 rings (SSSR count). The van der Waals surface area contributed by atoms with Crippen molar-refractivity contribution >= 4 is 17.9 Å². The number of ether oxygens (including phenoxy) is 2. The van der Waals surface area contributed by atoms with Crippen LogP contribution in [-0.4, -0.2) is 49.1 Å². The van der Waals surface area contributed by atoms with Gasteiger partial charge in [0.05, 0.1) is 12.7 Å². The van der Waals surface area contributed by atoms with Gasteiger partial charge in [-0.2, -0.15) is 0 Å². The van der Waals surface area contributed by atoms with Crippen LogP contribution in [-0.2, 0) is 9.53 Å². The Bertz CT molecular complexity index is 619. The second-order valence-corrected chi connectivity index (χ2v) is 4.62. The van der Waals surface area contributed by atoms with Crippen molar-refractivity contribution in [1.82, 2.24) is 10.2 Å². The number of carbonyl (C=O) groups excluding carboxylic acids is 3. The van der Waals surface area contributed by atoms with Gasteiger partial charge in [0.25, 0.3) is 5.91 Å². The number of methoxy groups -OCH3 is 1. The third-order valence-corrected chi connectivity index (χ3v) is 3.14. The molecule has 3 amide bonds. The summed E-state index contributed by atoms with van der Waals surface area (Å²) < 4.78 is 23.3. The molecule has 118 valence electrons. The van der Waals surface area contributed by atoms with Crippen LogP contribution in [0.4, 0.5) is 9.18 Å². The van der Waals surface area contributed by atoms with E-state index in [1.54, 1.807) is 0 Å². The quantitative estimate of drug-likeness (QED) is 0.836. The van der Waals surface area contributed by atoms with Crippen LogP contribution in [0.3, 0.4) is 0 Å². The molecule has 7 nitrogen and oxygen atoms in total. The predicted octanol–water partition coefficient (Wildman–Crippen LogP) is 0.931. The van der Waals surface area contributed by atoms with Crippen molar-refractivity contribution < 1.29 is 28.2 Å². The average Bonchev–Trinajstić information content (AvgIpc) is 2.92. The zero-order valence-electron chi connectivity index (χ0n) is 12.1. The highest BCUT2D eigenvalue weighted by Gasteiger charge is 2.31. The van der Waals surface area contributed by atoms with Crippen LogP contribution in [0.5, 0.6) is 5.75 Å². The summed E-state index contributed by atoms with van der Waals surface area (Å²) >= 11 is 0. The van der Waals surface area contributed by atoms with Crippen LogP contribution >= 0.6 is 0 Å². The van der Waals surface area contributed by atoms with Gasteiger partial charge in [-0.05, 0) is 25.1 Å². The number of rotatable bonds is 4. The fraction of sp³-hybridized carbons (Fsp3) is 0.357. The first-order chi connectivity index (χ1) is 10.4. The van der Waals surface area contributed by atoms with Crippen molar-refractivity contribution in [2.45, 2.75) is 13.0 Å². The highest BCUT2D eigenvalue weighted by Crippen LogP contribution is 2.18. The van der Waals surface area contributed by atoms with Crippen molar-refractivity contribution in [2.24, 2.45) is 0 Å². The van der Waals surface area contributed by atoms with E-state index in [0.29, 0.717) is 6.54 Å². The van der Waals surface area contributed by atoms with E-state index in [1.165, 1.54) is 26.2 Å². The number of urea groups is 1. The van der Waals surface area contributed by atoms with E-state index in [4.69, 9.17) is 9.47 Å². The van der Waals surface area contributed by atoms with E-state index in [9.17, 15) is 18.8 Å². The third kappa shape index (κ3) is 3.16. The van der Waals surface area contributed by atoms with E-state index >= 15 is 0 Å². The van der Waals surface area contributed by atoms with Gasteiger partial charge in [-0.1, -0.05) is 0 Å². The summed E-state index contributed by atoms with van der Waals surface area (Å²) in [7, 11) is 1.30. The van der Waals surface area contributed by atoms with Gasteiger partial charge in [0.1, 0.15) is 0 Å². The minimum Gasteiger partial charge on any atom is -0.494 e. The highest BCUT2D eigenvalue weighted by atomic mass is 19.1. The fourth-order valence-electron chi connectivity index (χ4n) is 1.97. The van der Waals surface area contributed by atoms with Crippen molar-refractivity contribution in [3.05, 3.63) is 29.6 Å². The lowest BCUT2D eigenvalue weighted by Gasteiger charge is -2.18. The van der Waals surface area contributed by atoms with Gasteiger partial charge >= 0.3 is 12.0 Å². The van der Waals surface area contributed by atoms with E-state index < -0.39 is 29.8 Å². The molecular formula is C14H15FN2O5. The molecule has 0 radical (unpaired) electrons. The van der Waals surface area contributed by atoms with Crippen LogP contribution in [0.1, 0.15) is 17.3 Å². The zero-order chi connectivity index (χ0) is 16.3. The molecule has 1 aliphatic rings. The lowest BCUT2D eigenvalue weighted by atomic mass is 10.2. The summed E-state index contributed by atoms with van der Waals surface area (Å²) in [4.78, 5) is 36.2. The largest absolute Gasteiger partial charge is 0.494 e. The van der Waals surface area contributed by atoms with Gasteiger partial charge in [0.15, 0.2) is 17.7 Å². The van der Waals surface area contributed by atoms with Gasteiger partial charge in [-0.15, -0.1) is 0 Å². The Morgan fingerprint density at radius 2 is 2.14 bits per heavy atom. The normalized spacial score (nSPS) is 15.2. The molecule has 0 spiro atoms. The Morgan fingerprint density at radius 3 is 2.68 bits per heavy atom. The number of halogens is 1. The Morgan fingerprint density at radius 1 is 1.41 bits per heavy atom. The lowest BCUT2D eigenvalue weighted by molar-refractivity contribution is -0.136. The van der Waals surface area contributed by atoms with E-state index in [1.807, 2.05) is 0 Å². The Kier molecular flexibility index (Phi) is 4.59. The third-order valence-electron chi connectivity index (χ3n) is 3.14. The molecule has 0 aromatic heterocycles. The monoisotopic (exact) mass is 310 g/mol. The molecule has 1 fully saturated rings. The molecule has 22 heavy (non-hydrogen) atoms. The lowest BCUT2D eigenvalue weighted by Crippen LogP contribution is -2.41. The highest BCUT2D eigenvalue weighted by molar-refractivity contribution is 5.99. The Hall–Kier alpha value is -2.64. The number of hydrogen-bond acceptors (Lipinski definition) is 5. The summed E-state index contributed by atoms with van der Waals surface area (Å²) in [6.07, 6.45) is -1.15. The number of amides is 3. The number of carbonyl (C=O) groups is 3. The molecule has 1 saturated heterocycles. The maximum Gasteiger partial charge on any atom is 0.339 e. The predicted molar refractivity (Wildman–Crippen MR) is 72.9 cm³/mol. The van der Waals surface area contributed by atoms with Crippen molar-refractivity contribution in [3.8, 4) is 5.75 Å². The summed E-state index contributed by atoms with van der Waals surface area (Å²) in [6.45, 7) is 1.93. The molecule has 1 heterocycles. The second kappa shape index (κ2) is 6.42. The Balaban J connectivity index is 2.03. The Labute approximate surface area is 126 Å². The summed E-state index contributed by atoms with van der Waals surface area (Å²) in [5.74, 6) is -2.20. The van der Waals surface area contributed by atoms with Crippen molar-refractivity contribution in [2.75, 3.05) is 20.2 Å². The maximum atomic E-state index is 13.5. The number of benzene rings is 1. The van der Waals surface area contributed by atoms with Crippen LogP contribution < -0.4 is 10.1 Å². The second-order valence-electron chi connectivity index (χ2n) is 4.62. The van der Waals surface area contributed by atoms with Gasteiger partial charge in [-0.25, -0.2) is 14.0 Å². The molecule has 1 aliphatic heterocycles. The first-order valence-electron chi connectivity index (χ1n) is 6.57. The zero-order valence-corrected chi connectivity index (χ0v) is 12.1. The van der Waals surface area contributed by atoms with Gasteiger partial charge in [-0.3, -0.25) is 9.69 Å². The minimum atomic E-state index is -1.15. The number of nitrogens with one attached hydrogen (secondary N) is 1. The van der Waals surface area contributed by atoms with Crippen LogP contribution in [0.15, 0.2) is 18.2 Å². The minimum absolute atomic E-state index is 0.00517. The number of hydrogen-bond donors (Lipinski definition) is 1. The summed E-state index contributed by atoms with van der Waals surface area (Å²) in [5.41, 5.74) is -0.0520. The smallest absolute Gasteiger partial charge is 0.339 e. The molecule has 1 N–H and O–H groups in total. The topological polar surface area (TPSA) is 84.9 Å². The molecule has 1 aromatic rings.